The van der Waals surface area contributed by atoms with Gasteiger partial charge in [-0.15, -0.1) is 0 Å². The van der Waals surface area contributed by atoms with E-state index in [0.717, 1.165) is 11.3 Å². The van der Waals surface area contributed by atoms with E-state index in [0.29, 0.717) is 29.3 Å². The summed E-state index contributed by atoms with van der Waals surface area (Å²) in [7, 11) is 1.87. The smallest absolute Gasteiger partial charge is 0.275 e. The molecule has 160 valence electrons. The second kappa shape index (κ2) is 9.17. The first-order valence-corrected chi connectivity index (χ1v) is 9.75. The van der Waals surface area contributed by atoms with Crippen LogP contribution in [0.25, 0.3) is 11.1 Å². The monoisotopic (exact) mass is 429 g/mol. The zero-order valence-corrected chi connectivity index (χ0v) is 17.2. The van der Waals surface area contributed by atoms with Gasteiger partial charge in [0.25, 0.3) is 5.91 Å². The van der Waals surface area contributed by atoms with Gasteiger partial charge in [-0.25, -0.2) is 15.0 Å². The molecular weight excluding hydrogens is 409 g/mol. The van der Waals surface area contributed by atoms with Crippen molar-refractivity contribution in [2.75, 3.05) is 23.0 Å². The largest absolute Gasteiger partial charge is 0.397 e. The zero-order valence-electron chi connectivity index (χ0n) is 17.2. The number of nitrogens with two attached hydrogens (primary N) is 1. The third-order valence-corrected chi connectivity index (χ3v) is 4.75. The van der Waals surface area contributed by atoms with Gasteiger partial charge in [0.2, 0.25) is 5.95 Å². The molecule has 4 aromatic rings. The number of carbonyl (C=O) groups excluding carboxylic acids is 1. The average Bonchev–Trinajstić information content (AvgIpc) is 2.82. The van der Waals surface area contributed by atoms with Crippen molar-refractivity contribution in [3.05, 3.63) is 90.7 Å². The molecule has 1 amide bonds. The van der Waals surface area contributed by atoms with Gasteiger partial charge >= 0.3 is 0 Å². The standard InChI is InChI=1S/C23H20FN7O/c1-31(14-17-4-2-3-9-26-17)22-13-27-20(12-29-22)23(32)30-19-10-15(5-7-18(19)25)16-6-8-21(24)28-11-16/h2-13H,14,25H2,1H3,(H,30,32). The second-order valence-corrected chi connectivity index (χ2v) is 7.06. The number of benzene rings is 1. The SMILES string of the molecule is CN(Cc1ccccn1)c1cnc(C(=O)Nc2cc(-c3ccc(F)nc3)ccc2N)cn1. The van der Waals surface area contributed by atoms with Gasteiger partial charge < -0.3 is 16.0 Å². The maximum absolute atomic E-state index is 13.1. The quantitative estimate of drug-likeness (QED) is 0.356. The number of aromatic nitrogens is 4. The molecule has 0 unspecified atom stereocenters. The maximum Gasteiger partial charge on any atom is 0.275 e. The van der Waals surface area contributed by atoms with Crippen molar-refractivity contribution in [3.63, 3.8) is 0 Å². The first-order chi connectivity index (χ1) is 15.5. The van der Waals surface area contributed by atoms with E-state index in [1.165, 1.54) is 24.7 Å². The Morgan fingerprint density at radius 2 is 1.84 bits per heavy atom. The first kappa shape index (κ1) is 20.9. The molecule has 0 saturated carbocycles. The van der Waals surface area contributed by atoms with Crippen LogP contribution in [-0.2, 0) is 6.54 Å². The lowest BCUT2D eigenvalue weighted by molar-refractivity contribution is 0.102. The Kier molecular flexibility index (Phi) is 5.98. The number of carbonyl (C=O) groups is 1. The number of nitrogen functional groups attached to an aromatic ring is 1. The summed E-state index contributed by atoms with van der Waals surface area (Å²) in [6, 6.07) is 13.7. The van der Waals surface area contributed by atoms with E-state index in [2.05, 4.69) is 25.3 Å². The van der Waals surface area contributed by atoms with E-state index in [4.69, 9.17) is 5.73 Å². The lowest BCUT2D eigenvalue weighted by atomic mass is 10.1. The third-order valence-electron chi connectivity index (χ3n) is 4.75. The number of nitrogens with zero attached hydrogens (tertiary/aromatic N) is 5. The Labute approximate surface area is 184 Å². The Hall–Kier alpha value is -4.40. The van der Waals surface area contributed by atoms with Gasteiger partial charge in [0.15, 0.2) is 0 Å². The highest BCUT2D eigenvalue weighted by atomic mass is 19.1. The molecule has 0 aliphatic heterocycles. The average molecular weight is 429 g/mol. The molecule has 3 N–H and O–H groups in total. The number of rotatable bonds is 6. The van der Waals surface area contributed by atoms with Gasteiger partial charge in [0.05, 0.1) is 36.0 Å². The summed E-state index contributed by atoms with van der Waals surface area (Å²) in [6.45, 7) is 0.558. The number of pyridine rings is 2. The molecule has 3 heterocycles. The molecule has 3 aromatic heterocycles. The Morgan fingerprint density at radius 3 is 2.53 bits per heavy atom. The minimum absolute atomic E-state index is 0.147. The molecule has 0 bridgehead atoms. The van der Waals surface area contributed by atoms with E-state index in [-0.39, 0.29) is 5.69 Å². The summed E-state index contributed by atoms with van der Waals surface area (Å²) in [5, 5.41) is 2.75. The van der Waals surface area contributed by atoms with Crippen LogP contribution in [0.3, 0.4) is 0 Å². The molecule has 32 heavy (non-hydrogen) atoms. The molecular formula is C23H20FN7O. The van der Waals surface area contributed by atoms with Crippen LogP contribution in [0.15, 0.2) is 73.3 Å². The minimum atomic E-state index is -0.564. The van der Waals surface area contributed by atoms with Crippen LogP contribution in [0.1, 0.15) is 16.2 Å². The van der Waals surface area contributed by atoms with Crippen molar-refractivity contribution in [2.24, 2.45) is 0 Å². The molecule has 0 radical (unpaired) electrons. The summed E-state index contributed by atoms with van der Waals surface area (Å²) in [6.07, 6.45) is 6.08. The topological polar surface area (TPSA) is 110 Å². The van der Waals surface area contributed by atoms with E-state index in [1.807, 2.05) is 30.1 Å². The van der Waals surface area contributed by atoms with Crippen molar-refractivity contribution in [2.45, 2.75) is 6.54 Å². The van der Waals surface area contributed by atoms with Crippen molar-refractivity contribution in [1.82, 2.24) is 19.9 Å². The number of amides is 1. The molecule has 0 saturated heterocycles. The fourth-order valence-electron chi connectivity index (χ4n) is 3.03. The van der Waals surface area contributed by atoms with Crippen LogP contribution in [0.2, 0.25) is 0 Å². The van der Waals surface area contributed by atoms with Crippen molar-refractivity contribution >= 4 is 23.1 Å². The summed E-state index contributed by atoms with van der Waals surface area (Å²) in [5.74, 6) is -0.402. The molecule has 0 atom stereocenters. The summed E-state index contributed by atoms with van der Waals surface area (Å²) in [5.41, 5.74) is 9.29. The van der Waals surface area contributed by atoms with Crippen molar-refractivity contribution in [3.8, 4) is 11.1 Å². The van der Waals surface area contributed by atoms with Gasteiger partial charge in [-0.05, 0) is 42.0 Å². The number of hydrogen-bond donors (Lipinski definition) is 2. The van der Waals surface area contributed by atoms with E-state index >= 15 is 0 Å². The maximum atomic E-state index is 13.1. The van der Waals surface area contributed by atoms with E-state index in [1.54, 1.807) is 30.5 Å². The van der Waals surface area contributed by atoms with E-state index < -0.39 is 11.9 Å². The first-order valence-electron chi connectivity index (χ1n) is 9.75. The third kappa shape index (κ3) is 4.84. The minimum Gasteiger partial charge on any atom is -0.397 e. The summed E-state index contributed by atoms with van der Waals surface area (Å²) in [4.78, 5) is 31.1. The van der Waals surface area contributed by atoms with Crippen LogP contribution >= 0.6 is 0 Å². The Bertz CT molecular complexity index is 1220. The van der Waals surface area contributed by atoms with Gasteiger partial charge in [0.1, 0.15) is 11.5 Å². The molecule has 9 heteroatoms. The lowest BCUT2D eigenvalue weighted by Gasteiger charge is -2.17. The van der Waals surface area contributed by atoms with Gasteiger partial charge in [-0.2, -0.15) is 4.39 Å². The molecule has 1 aromatic carbocycles. The van der Waals surface area contributed by atoms with Crippen LogP contribution < -0.4 is 16.0 Å². The number of anilines is 3. The highest BCUT2D eigenvalue weighted by Crippen LogP contribution is 2.27. The van der Waals surface area contributed by atoms with Crippen LogP contribution in [0, 0.1) is 5.95 Å². The second-order valence-electron chi connectivity index (χ2n) is 7.06. The lowest BCUT2D eigenvalue weighted by Crippen LogP contribution is -2.20. The molecule has 0 aliphatic carbocycles. The van der Waals surface area contributed by atoms with Gasteiger partial charge in [-0.1, -0.05) is 12.1 Å². The van der Waals surface area contributed by atoms with Crippen molar-refractivity contribution < 1.29 is 9.18 Å². The van der Waals surface area contributed by atoms with Crippen LogP contribution in [0.4, 0.5) is 21.6 Å². The Balaban J connectivity index is 1.47. The molecule has 0 aliphatic rings. The molecule has 0 fully saturated rings. The normalized spacial score (nSPS) is 10.6. The predicted molar refractivity (Wildman–Crippen MR) is 120 cm³/mol. The number of hydrogen-bond acceptors (Lipinski definition) is 7. The predicted octanol–water partition coefficient (Wildman–Crippen LogP) is 3.54. The highest BCUT2D eigenvalue weighted by molar-refractivity contribution is 6.04. The van der Waals surface area contributed by atoms with Crippen molar-refractivity contribution in [1.29, 1.82) is 0 Å². The fraction of sp³-hybridized carbons (Fsp3) is 0.0870. The van der Waals surface area contributed by atoms with Gasteiger partial charge in [0, 0.05) is 25.0 Å². The number of nitrogens with one attached hydrogen (secondary N) is 1. The van der Waals surface area contributed by atoms with Crippen LogP contribution in [-0.4, -0.2) is 32.9 Å². The van der Waals surface area contributed by atoms with E-state index in [9.17, 15) is 9.18 Å². The van der Waals surface area contributed by atoms with Gasteiger partial charge in [-0.3, -0.25) is 9.78 Å². The molecule has 4 rings (SSSR count). The Morgan fingerprint density at radius 1 is 1.00 bits per heavy atom. The molecule has 0 spiro atoms. The number of halogens is 1. The zero-order chi connectivity index (χ0) is 22.5. The van der Waals surface area contributed by atoms with Crippen LogP contribution in [0.5, 0.6) is 0 Å². The highest BCUT2D eigenvalue weighted by Gasteiger charge is 2.13. The molecule has 8 nitrogen and oxygen atoms in total. The summed E-state index contributed by atoms with van der Waals surface area (Å²) >= 11 is 0. The summed E-state index contributed by atoms with van der Waals surface area (Å²) < 4.78 is 13.1. The fourth-order valence-corrected chi connectivity index (χ4v) is 3.03.